The lowest BCUT2D eigenvalue weighted by Crippen LogP contribution is -2.10. The Hall–Kier alpha value is -5.67. The van der Waals surface area contributed by atoms with Gasteiger partial charge in [0.1, 0.15) is 22.7 Å². The SMILES string of the molecule is CCC1=Nc2cccc3c2C1Cc1c(cccc1-c1c2ccccc2c(-c2ccc4c(c2)oc2ccccc24)c2ccccc12)O3. The van der Waals surface area contributed by atoms with E-state index in [-0.39, 0.29) is 5.92 Å². The second-order valence-electron chi connectivity index (χ2n) is 12.4. The normalized spacial score (nSPS) is 15.2. The number of benzene rings is 7. The molecule has 1 unspecified atom stereocenters. The van der Waals surface area contributed by atoms with Crippen LogP contribution in [0.1, 0.15) is 30.4 Å². The van der Waals surface area contributed by atoms with Crippen molar-refractivity contribution in [1.29, 1.82) is 0 Å². The van der Waals surface area contributed by atoms with Crippen LogP contribution in [-0.4, -0.2) is 5.71 Å². The first-order chi connectivity index (χ1) is 22.8. The van der Waals surface area contributed by atoms with Gasteiger partial charge in [-0.2, -0.15) is 0 Å². The minimum Gasteiger partial charge on any atom is -0.457 e. The van der Waals surface area contributed by atoms with Crippen LogP contribution in [0.3, 0.4) is 0 Å². The third kappa shape index (κ3) is 3.57. The molecule has 3 heterocycles. The van der Waals surface area contributed by atoms with Crippen LogP contribution in [-0.2, 0) is 6.42 Å². The van der Waals surface area contributed by atoms with E-state index in [1.54, 1.807) is 0 Å². The van der Waals surface area contributed by atoms with Gasteiger partial charge in [0, 0.05) is 33.5 Å². The van der Waals surface area contributed by atoms with E-state index in [0.29, 0.717) is 0 Å². The molecule has 0 spiro atoms. The predicted molar refractivity (Wildman–Crippen MR) is 190 cm³/mol. The highest BCUT2D eigenvalue weighted by atomic mass is 16.5. The number of para-hydroxylation sites is 1. The summed E-state index contributed by atoms with van der Waals surface area (Å²) in [7, 11) is 0. The molecule has 0 bridgehead atoms. The van der Waals surface area contributed by atoms with Gasteiger partial charge in [0.05, 0.1) is 5.69 Å². The highest BCUT2D eigenvalue weighted by molar-refractivity contribution is 6.22. The number of nitrogens with zero attached hydrogens (tertiary/aromatic N) is 1. The first-order valence-electron chi connectivity index (χ1n) is 16.1. The highest BCUT2D eigenvalue weighted by Gasteiger charge is 2.34. The zero-order valence-electron chi connectivity index (χ0n) is 25.4. The fourth-order valence-electron chi connectivity index (χ4n) is 8.05. The molecule has 0 fully saturated rings. The average Bonchev–Trinajstić information content (AvgIpc) is 3.60. The number of furan rings is 1. The van der Waals surface area contributed by atoms with Crippen LogP contribution in [0.25, 0.3) is 65.7 Å². The van der Waals surface area contributed by atoms with Crippen LogP contribution in [0.2, 0.25) is 0 Å². The van der Waals surface area contributed by atoms with Crippen LogP contribution in [0.15, 0.2) is 137 Å². The summed E-state index contributed by atoms with van der Waals surface area (Å²) >= 11 is 0. The van der Waals surface area contributed by atoms with Gasteiger partial charge in [-0.1, -0.05) is 97.9 Å². The second kappa shape index (κ2) is 9.66. The zero-order valence-corrected chi connectivity index (χ0v) is 25.4. The third-order valence-electron chi connectivity index (χ3n) is 10.0. The van der Waals surface area contributed by atoms with Gasteiger partial charge in [-0.3, -0.25) is 4.99 Å². The molecule has 0 saturated carbocycles. The zero-order chi connectivity index (χ0) is 30.4. The molecule has 1 aromatic heterocycles. The Labute approximate surface area is 266 Å². The Morgan fingerprint density at radius 1 is 0.609 bits per heavy atom. The van der Waals surface area contributed by atoms with Gasteiger partial charge in [-0.25, -0.2) is 0 Å². The van der Waals surface area contributed by atoms with Crippen molar-refractivity contribution in [2.45, 2.75) is 25.7 Å². The van der Waals surface area contributed by atoms with Gasteiger partial charge in [-0.05, 0) is 93.0 Å². The molecule has 3 nitrogen and oxygen atoms in total. The Balaban J connectivity index is 1.24. The molecule has 10 rings (SSSR count). The minimum atomic E-state index is 0.214. The molecule has 46 heavy (non-hydrogen) atoms. The summed E-state index contributed by atoms with van der Waals surface area (Å²) in [4.78, 5) is 5.05. The van der Waals surface area contributed by atoms with Gasteiger partial charge in [0.15, 0.2) is 0 Å². The molecule has 7 aromatic carbocycles. The molecule has 3 heteroatoms. The predicted octanol–water partition coefficient (Wildman–Crippen LogP) is 12.2. The van der Waals surface area contributed by atoms with E-state index in [4.69, 9.17) is 14.1 Å². The number of hydrogen-bond acceptors (Lipinski definition) is 3. The number of fused-ring (bicyclic) bond motifs is 6. The van der Waals surface area contributed by atoms with E-state index in [9.17, 15) is 0 Å². The smallest absolute Gasteiger partial charge is 0.136 e. The molecule has 8 aromatic rings. The van der Waals surface area contributed by atoms with Crippen LogP contribution >= 0.6 is 0 Å². The summed E-state index contributed by atoms with van der Waals surface area (Å²) in [6.45, 7) is 2.21. The summed E-state index contributed by atoms with van der Waals surface area (Å²) in [6, 6.07) is 45.5. The molecule has 218 valence electrons. The summed E-state index contributed by atoms with van der Waals surface area (Å²) in [6.07, 6.45) is 1.78. The van der Waals surface area contributed by atoms with E-state index in [0.717, 1.165) is 57.5 Å². The monoisotopic (exact) mass is 591 g/mol. The fourth-order valence-corrected chi connectivity index (χ4v) is 8.05. The Kier molecular flexibility index (Phi) is 5.39. The molecule has 2 aliphatic heterocycles. The molecule has 2 aliphatic rings. The number of rotatable bonds is 3. The lowest BCUT2D eigenvalue weighted by Gasteiger charge is -2.21. The van der Waals surface area contributed by atoms with Gasteiger partial charge in [0.2, 0.25) is 0 Å². The van der Waals surface area contributed by atoms with Crippen molar-refractivity contribution in [3.63, 3.8) is 0 Å². The number of ether oxygens (including phenoxy) is 1. The highest BCUT2D eigenvalue weighted by Crippen LogP contribution is 2.52. The summed E-state index contributed by atoms with van der Waals surface area (Å²) in [5.41, 5.74) is 11.4. The van der Waals surface area contributed by atoms with E-state index < -0.39 is 0 Å². The molecular formula is C43H29NO2. The largest absolute Gasteiger partial charge is 0.457 e. The van der Waals surface area contributed by atoms with Crippen molar-refractivity contribution >= 4 is 54.9 Å². The molecule has 1 atom stereocenters. The summed E-state index contributed by atoms with van der Waals surface area (Å²) < 4.78 is 13.1. The lowest BCUT2D eigenvalue weighted by atomic mass is 9.82. The Morgan fingerprint density at radius 2 is 1.26 bits per heavy atom. The van der Waals surface area contributed by atoms with Crippen molar-refractivity contribution in [3.8, 4) is 33.8 Å². The van der Waals surface area contributed by atoms with Crippen molar-refractivity contribution in [2.75, 3.05) is 0 Å². The van der Waals surface area contributed by atoms with E-state index in [1.807, 2.05) is 12.1 Å². The van der Waals surface area contributed by atoms with Crippen molar-refractivity contribution in [3.05, 3.63) is 139 Å². The summed E-state index contributed by atoms with van der Waals surface area (Å²) in [5.74, 6) is 2.07. The van der Waals surface area contributed by atoms with Crippen LogP contribution in [0, 0.1) is 0 Å². The first kappa shape index (κ1) is 25.6. The molecule has 0 amide bonds. The third-order valence-corrected chi connectivity index (χ3v) is 10.0. The molecule has 0 aliphatic carbocycles. The number of hydrogen-bond donors (Lipinski definition) is 0. The molecule has 0 saturated heterocycles. The fraction of sp³-hybridized carbons (Fsp3) is 0.0930. The van der Waals surface area contributed by atoms with Gasteiger partial charge < -0.3 is 9.15 Å². The molecule has 0 N–H and O–H groups in total. The Morgan fingerprint density at radius 3 is 2.02 bits per heavy atom. The van der Waals surface area contributed by atoms with Crippen LogP contribution in [0.4, 0.5) is 5.69 Å². The second-order valence-corrected chi connectivity index (χ2v) is 12.4. The van der Waals surface area contributed by atoms with Gasteiger partial charge in [0.25, 0.3) is 0 Å². The minimum absolute atomic E-state index is 0.214. The van der Waals surface area contributed by atoms with E-state index in [2.05, 4.69) is 122 Å². The number of aliphatic imine (C=N–C) groups is 1. The average molecular weight is 592 g/mol. The van der Waals surface area contributed by atoms with Crippen LogP contribution in [0.5, 0.6) is 11.5 Å². The maximum Gasteiger partial charge on any atom is 0.136 e. The van der Waals surface area contributed by atoms with Crippen molar-refractivity contribution in [2.24, 2.45) is 4.99 Å². The molecular weight excluding hydrogens is 562 g/mol. The van der Waals surface area contributed by atoms with Crippen molar-refractivity contribution in [1.82, 2.24) is 0 Å². The van der Waals surface area contributed by atoms with E-state index >= 15 is 0 Å². The first-order valence-corrected chi connectivity index (χ1v) is 16.1. The lowest BCUT2D eigenvalue weighted by molar-refractivity contribution is 0.479. The van der Waals surface area contributed by atoms with Crippen LogP contribution < -0.4 is 4.74 Å². The van der Waals surface area contributed by atoms with Gasteiger partial charge >= 0.3 is 0 Å². The van der Waals surface area contributed by atoms with Crippen molar-refractivity contribution < 1.29 is 9.15 Å². The molecule has 0 radical (unpaired) electrons. The Bertz CT molecular complexity index is 2530. The van der Waals surface area contributed by atoms with Gasteiger partial charge in [-0.15, -0.1) is 0 Å². The maximum atomic E-state index is 6.75. The quantitative estimate of drug-likeness (QED) is 0.192. The standard InChI is InChI=1S/C43H29NO2/c1-2-35-34-24-33-32(16-9-19-38(33)45-39-20-10-17-36(44-35)43(34)39)42-30-14-5-3-12-28(30)41(29-13-4-6-15-31(29)42)25-21-22-27-26-11-7-8-18-37(26)46-40(27)23-25/h3-23,34H,2,24H2,1H3. The topological polar surface area (TPSA) is 34.7 Å². The maximum absolute atomic E-state index is 6.75. The summed E-state index contributed by atoms with van der Waals surface area (Å²) in [5, 5.41) is 7.19. The van der Waals surface area contributed by atoms with E-state index in [1.165, 1.54) is 55.1 Å².